The van der Waals surface area contributed by atoms with Gasteiger partial charge in [-0.3, -0.25) is 0 Å². The lowest BCUT2D eigenvalue weighted by molar-refractivity contribution is 0.148. The first kappa shape index (κ1) is 11.1. The molecule has 2 aromatic carbocycles. The minimum Gasteiger partial charge on any atom is -0.490 e. The molecule has 0 aromatic heterocycles. The van der Waals surface area contributed by atoms with Crippen molar-refractivity contribution in [3.05, 3.63) is 59.7 Å². The average Bonchev–Trinajstić information content (AvgIpc) is 2.81. The van der Waals surface area contributed by atoms with Crippen LogP contribution in [0.4, 0.5) is 0 Å². The van der Waals surface area contributed by atoms with Crippen molar-refractivity contribution in [2.24, 2.45) is 0 Å². The van der Waals surface area contributed by atoms with E-state index in [1.807, 2.05) is 30.3 Å². The standard InChI is InChI=1S/C16H16O2/c1-12-6-8-14(9-7-12)17-11-15-10-13-4-2-3-5-16(13)18-15/h2-9,15H,10-11H2,1H3. The van der Waals surface area contributed by atoms with Crippen molar-refractivity contribution in [1.29, 1.82) is 0 Å². The quantitative estimate of drug-likeness (QED) is 0.818. The smallest absolute Gasteiger partial charge is 0.137 e. The lowest BCUT2D eigenvalue weighted by Gasteiger charge is -2.12. The van der Waals surface area contributed by atoms with E-state index >= 15 is 0 Å². The van der Waals surface area contributed by atoms with E-state index in [1.165, 1.54) is 11.1 Å². The highest BCUT2D eigenvalue weighted by Crippen LogP contribution is 2.28. The molecule has 2 heteroatoms. The number of ether oxygens (including phenoxy) is 2. The molecule has 2 aromatic rings. The molecular weight excluding hydrogens is 224 g/mol. The normalized spacial score (nSPS) is 17.1. The molecule has 92 valence electrons. The summed E-state index contributed by atoms with van der Waals surface area (Å²) in [6, 6.07) is 16.3. The van der Waals surface area contributed by atoms with Gasteiger partial charge in [-0.05, 0) is 30.7 Å². The topological polar surface area (TPSA) is 18.5 Å². The van der Waals surface area contributed by atoms with Crippen LogP contribution in [0.25, 0.3) is 0 Å². The van der Waals surface area contributed by atoms with Crippen LogP contribution in [-0.4, -0.2) is 12.7 Å². The summed E-state index contributed by atoms with van der Waals surface area (Å²) < 4.78 is 11.6. The summed E-state index contributed by atoms with van der Waals surface area (Å²) in [6.07, 6.45) is 1.06. The monoisotopic (exact) mass is 240 g/mol. The molecule has 0 bridgehead atoms. The maximum Gasteiger partial charge on any atom is 0.137 e. The summed E-state index contributed by atoms with van der Waals surface area (Å²) in [5, 5.41) is 0. The van der Waals surface area contributed by atoms with Crippen LogP contribution in [0.15, 0.2) is 48.5 Å². The number of hydrogen-bond acceptors (Lipinski definition) is 2. The zero-order valence-electron chi connectivity index (χ0n) is 10.4. The molecule has 3 rings (SSSR count). The zero-order valence-corrected chi connectivity index (χ0v) is 10.4. The summed E-state index contributed by atoms with van der Waals surface area (Å²) in [4.78, 5) is 0. The minimum absolute atomic E-state index is 0.128. The molecule has 0 aliphatic carbocycles. The van der Waals surface area contributed by atoms with E-state index in [0.717, 1.165) is 17.9 Å². The number of rotatable bonds is 3. The fourth-order valence-corrected chi connectivity index (χ4v) is 2.17. The summed E-state index contributed by atoms with van der Waals surface area (Å²) in [5.74, 6) is 1.90. The first-order chi connectivity index (χ1) is 8.81. The molecule has 0 saturated heterocycles. The molecule has 0 amide bonds. The molecule has 1 aliphatic heterocycles. The molecule has 0 fully saturated rings. The van der Waals surface area contributed by atoms with Gasteiger partial charge in [0.25, 0.3) is 0 Å². The summed E-state index contributed by atoms with van der Waals surface area (Å²) in [5.41, 5.74) is 2.52. The van der Waals surface area contributed by atoms with Crippen LogP contribution in [-0.2, 0) is 6.42 Å². The van der Waals surface area contributed by atoms with Crippen molar-refractivity contribution in [2.75, 3.05) is 6.61 Å². The fourth-order valence-electron chi connectivity index (χ4n) is 2.17. The van der Waals surface area contributed by atoms with E-state index < -0.39 is 0 Å². The number of para-hydroxylation sites is 1. The molecule has 1 unspecified atom stereocenters. The van der Waals surface area contributed by atoms with Crippen molar-refractivity contribution < 1.29 is 9.47 Å². The lowest BCUT2D eigenvalue weighted by atomic mass is 10.1. The van der Waals surface area contributed by atoms with E-state index in [9.17, 15) is 0 Å². The van der Waals surface area contributed by atoms with Crippen molar-refractivity contribution >= 4 is 0 Å². The molecule has 0 radical (unpaired) electrons. The number of benzene rings is 2. The second-order valence-electron chi connectivity index (χ2n) is 4.68. The van der Waals surface area contributed by atoms with Gasteiger partial charge in [-0.15, -0.1) is 0 Å². The van der Waals surface area contributed by atoms with Crippen LogP contribution >= 0.6 is 0 Å². The van der Waals surface area contributed by atoms with Crippen molar-refractivity contribution in [3.63, 3.8) is 0 Å². The van der Waals surface area contributed by atoms with E-state index in [2.05, 4.69) is 25.1 Å². The van der Waals surface area contributed by atoms with Crippen molar-refractivity contribution in [2.45, 2.75) is 19.4 Å². The fraction of sp³-hybridized carbons (Fsp3) is 0.250. The van der Waals surface area contributed by atoms with Crippen LogP contribution in [0.5, 0.6) is 11.5 Å². The lowest BCUT2D eigenvalue weighted by Crippen LogP contribution is -2.22. The third-order valence-electron chi connectivity index (χ3n) is 3.17. The summed E-state index contributed by atoms with van der Waals surface area (Å²) >= 11 is 0. The van der Waals surface area contributed by atoms with Crippen LogP contribution in [0.2, 0.25) is 0 Å². The Morgan fingerprint density at radius 3 is 2.67 bits per heavy atom. The Kier molecular flexibility index (Phi) is 2.93. The molecule has 0 spiro atoms. The number of fused-ring (bicyclic) bond motifs is 1. The first-order valence-electron chi connectivity index (χ1n) is 6.25. The van der Waals surface area contributed by atoms with Gasteiger partial charge >= 0.3 is 0 Å². The SMILES string of the molecule is Cc1ccc(OCC2Cc3ccccc3O2)cc1. The Bertz CT molecular complexity index is 506. The van der Waals surface area contributed by atoms with Crippen molar-refractivity contribution in [1.82, 2.24) is 0 Å². The van der Waals surface area contributed by atoms with Crippen LogP contribution in [0.3, 0.4) is 0 Å². The third-order valence-corrected chi connectivity index (χ3v) is 3.17. The highest BCUT2D eigenvalue weighted by Gasteiger charge is 2.22. The molecular formula is C16H16O2. The molecule has 2 nitrogen and oxygen atoms in total. The van der Waals surface area contributed by atoms with Gasteiger partial charge in [0, 0.05) is 6.42 Å². The van der Waals surface area contributed by atoms with Crippen molar-refractivity contribution in [3.8, 4) is 11.5 Å². The number of aryl methyl sites for hydroxylation is 1. The maximum atomic E-state index is 5.83. The Hall–Kier alpha value is -1.96. The molecule has 1 heterocycles. The average molecular weight is 240 g/mol. The van der Waals surface area contributed by atoms with Gasteiger partial charge in [-0.2, -0.15) is 0 Å². The summed E-state index contributed by atoms with van der Waals surface area (Å²) in [7, 11) is 0. The molecule has 18 heavy (non-hydrogen) atoms. The van der Waals surface area contributed by atoms with Gasteiger partial charge in [-0.1, -0.05) is 35.9 Å². The van der Waals surface area contributed by atoms with E-state index in [0.29, 0.717) is 6.61 Å². The molecule has 0 saturated carbocycles. The summed E-state index contributed by atoms with van der Waals surface area (Å²) in [6.45, 7) is 2.66. The first-order valence-corrected chi connectivity index (χ1v) is 6.25. The molecule has 1 aliphatic rings. The Balaban J connectivity index is 1.58. The van der Waals surface area contributed by atoms with Gasteiger partial charge in [0.1, 0.15) is 24.2 Å². The third kappa shape index (κ3) is 2.33. The van der Waals surface area contributed by atoms with E-state index in [-0.39, 0.29) is 6.10 Å². The van der Waals surface area contributed by atoms with Gasteiger partial charge in [0.15, 0.2) is 0 Å². The molecule has 1 atom stereocenters. The predicted molar refractivity (Wildman–Crippen MR) is 71.2 cm³/mol. The van der Waals surface area contributed by atoms with Gasteiger partial charge in [0.2, 0.25) is 0 Å². The Morgan fingerprint density at radius 2 is 1.89 bits per heavy atom. The van der Waals surface area contributed by atoms with Gasteiger partial charge in [-0.25, -0.2) is 0 Å². The van der Waals surface area contributed by atoms with Crippen LogP contribution in [0.1, 0.15) is 11.1 Å². The largest absolute Gasteiger partial charge is 0.490 e. The number of hydrogen-bond donors (Lipinski definition) is 0. The van der Waals surface area contributed by atoms with Gasteiger partial charge < -0.3 is 9.47 Å². The van der Waals surface area contributed by atoms with Crippen LogP contribution < -0.4 is 9.47 Å². The Morgan fingerprint density at radius 1 is 1.11 bits per heavy atom. The van der Waals surface area contributed by atoms with Gasteiger partial charge in [0.05, 0.1) is 0 Å². The second-order valence-corrected chi connectivity index (χ2v) is 4.68. The van der Waals surface area contributed by atoms with Crippen LogP contribution in [0, 0.1) is 6.92 Å². The van der Waals surface area contributed by atoms with E-state index in [1.54, 1.807) is 0 Å². The molecule has 0 N–H and O–H groups in total. The van der Waals surface area contributed by atoms with E-state index in [4.69, 9.17) is 9.47 Å². The predicted octanol–water partition coefficient (Wildman–Crippen LogP) is 3.38. The maximum absolute atomic E-state index is 5.83. The highest BCUT2D eigenvalue weighted by molar-refractivity contribution is 5.37. The Labute approximate surface area is 107 Å². The zero-order chi connectivity index (χ0) is 12.4. The second kappa shape index (κ2) is 4.73. The highest BCUT2D eigenvalue weighted by atomic mass is 16.5. The minimum atomic E-state index is 0.128.